The molecule has 0 aliphatic heterocycles. The average Bonchev–Trinajstić information content (AvgIpc) is 2.01. The highest BCUT2D eigenvalue weighted by Crippen LogP contribution is 2.21. The molecule has 0 aliphatic carbocycles. The minimum atomic E-state index is -4.49. The van der Waals surface area contributed by atoms with Crippen molar-refractivity contribution >= 4 is 38.6 Å². The van der Waals surface area contributed by atoms with Gasteiger partial charge >= 0.3 is 0 Å². The van der Waals surface area contributed by atoms with Gasteiger partial charge in [0.05, 0.1) is 5.56 Å². The third-order valence-electron chi connectivity index (χ3n) is 1.43. The zero-order valence-corrected chi connectivity index (χ0v) is 8.90. The number of carbonyl (C=O) groups excluding carboxylic acids is 1. The molecule has 0 saturated heterocycles. The van der Waals surface area contributed by atoms with E-state index < -0.39 is 20.3 Å². The zero-order valence-electron chi connectivity index (χ0n) is 6.57. The minimum absolute atomic E-state index is 0.0827. The van der Waals surface area contributed by atoms with E-state index in [2.05, 4.69) is 0 Å². The Balaban J connectivity index is 3.54. The molecule has 0 aromatic heterocycles. The Labute approximate surface area is 90.2 Å². The molecule has 0 atom stereocenters. The highest BCUT2D eigenvalue weighted by Gasteiger charge is 2.19. The maximum absolute atomic E-state index is 10.8. The van der Waals surface area contributed by atoms with Crippen molar-refractivity contribution in [2.75, 3.05) is 0 Å². The monoisotopic (exact) mass is 254 g/mol. The lowest BCUT2D eigenvalue weighted by Gasteiger charge is -2.02. The van der Waals surface area contributed by atoms with Crippen LogP contribution in [0.25, 0.3) is 0 Å². The van der Waals surface area contributed by atoms with Gasteiger partial charge in [-0.2, -0.15) is 8.42 Å². The van der Waals surface area contributed by atoms with Gasteiger partial charge in [-0.05, 0) is 29.8 Å². The first-order chi connectivity index (χ1) is 6.32. The van der Waals surface area contributed by atoms with Crippen LogP contribution >= 0.6 is 23.2 Å². The van der Waals surface area contributed by atoms with Crippen molar-refractivity contribution in [3.05, 3.63) is 28.8 Å². The highest BCUT2D eigenvalue weighted by molar-refractivity contribution is 7.86. The van der Waals surface area contributed by atoms with E-state index in [1.54, 1.807) is 0 Å². The largest absolute Gasteiger partial charge is 0.295 e. The molecule has 1 rings (SSSR count). The van der Waals surface area contributed by atoms with Gasteiger partial charge in [0, 0.05) is 5.02 Å². The van der Waals surface area contributed by atoms with Crippen molar-refractivity contribution in [2.24, 2.45) is 0 Å². The van der Waals surface area contributed by atoms with Gasteiger partial charge in [-0.3, -0.25) is 9.35 Å². The fourth-order valence-corrected chi connectivity index (χ4v) is 2.04. The molecular weight excluding hydrogens is 251 g/mol. The molecule has 7 heteroatoms. The number of benzene rings is 1. The summed E-state index contributed by atoms with van der Waals surface area (Å²) in [5.41, 5.74) is -0.307. The summed E-state index contributed by atoms with van der Waals surface area (Å²) < 4.78 is 30.3. The topological polar surface area (TPSA) is 71.4 Å². The molecule has 4 nitrogen and oxygen atoms in total. The van der Waals surface area contributed by atoms with Gasteiger partial charge in [-0.15, -0.1) is 0 Å². The summed E-state index contributed by atoms with van der Waals surface area (Å²) in [6, 6.07) is 3.37. The Morgan fingerprint density at radius 2 is 1.93 bits per heavy atom. The summed E-state index contributed by atoms with van der Waals surface area (Å²) in [6.07, 6.45) is 0. The molecular formula is C7H4Cl2O4S. The molecule has 14 heavy (non-hydrogen) atoms. The van der Waals surface area contributed by atoms with E-state index in [4.69, 9.17) is 27.8 Å². The van der Waals surface area contributed by atoms with Crippen LogP contribution in [0.15, 0.2) is 23.1 Å². The van der Waals surface area contributed by atoms with Crippen LogP contribution in [-0.2, 0) is 10.1 Å². The van der Waals surface area contributed by atoms with Gasteiger partial charge in [-0.1, -0.05) is 11.6 Å². The van der Waals surface area contributed by atoms with Crippen LogP contribution in [0.5, 0.6) is 0 Å². The van der Waals surface area contributed by atoms with Crippen LogP contribution in [0, 0.1) is 0 Å². The Bertz CT molecular complexity index is 480. The molecule has 0 saturated carbocycles. The standard InChI is InChI=1S/C7H4Cl2O4S/c8-4-1-2-5(7(9)10)6(3-4)14(11,12)13/h1-3H,(H,11,12,13). The molecule has 76 valence electrons. The smallest absolute Gasteiger partial charge is 0.282 e. The summed E-state index contributed by atoms with van der Waals surface area (Å²) in [4.78, 5) is 10.2. The van der Waals surface area contributed by atoms with E-state index in [0.29, 0.717) is 0 Å². The molecule has 0 spiro atoms. The maximum Gasteiger partial charge on any atom is 0.295 e. The molecule has 0 aliphatic rings. The predicted octanol–water partition coefficient (Wildman–Crippen LogP) is 1.97. The van der Waals surface area contributed by atoms with E-state index in [-0.39, 0.29) is 10.6 Å². The second kappa shape index (κ2) is 3.86. The second-order valence-electron chi connectivity index (χ2n) is 2.39. The summed E-state index contributed by atoms with van der Waals surface area (Å²) in [5.74, 6) is 0. The molecule has 0 heterocycles. The lowest BCUT2D eigenvalue weighted by atomic mass is 10.2. The first kappa shape index (κ1) is 11.5. The van der Waals surface area contributed by atoms with Crippen molar-refractivity contribution < 1.29 is 17.8 Å². The normalized spacial score (nSPS) is 11.4. The number of rotatable bonds is 2. The molecule has 0 bridgehead atoms. The third-order valence-corrected chi connectivity index (χ3v) is 2.77. The lowest BCUT2D eigenvalue weighted by Crippen LogP contribution is -2.05. The lowest BCUT2D eigenvalue weighted by molar-refractivity contribution is 0.107. The van der Waals surface area contributed by atoms with Crippen LogP contribution in [0.4, 0.5) is 0 Å². The number of hydrogen-bond acceptors (Lipinski definition) is 3. The molecule has 0 unspecified atom stereocenters. The first-order valence-corrected chi connectivity index (χ1v) is 5.49. The summed E-state index contributed by atoms with van der Waals surface area (Å²) in [7, 11) is -4.49. The second-order valence-corrected chi connectivity index (χ2v) is 4.56. The fourth-order valence-electron chi connectivity index (χ4n) is 0.872. The Hall–Kier alpha value is -0.620. The van der Waals surface area contributed by atoms with Gasteiger partial charge in [0.2, 0.25) is 0 Å². The van der Waals surface area contributed by atoms with Crippen LogP contribution in [0.3, 0.4) is 0 Å². The van der Waals surface area contributed by atoms with Crippen molar-refractivity contribution in [1.82, 2.24) is 0 Å². The Kier molecular flexibility index (Phi) is 3.16. The van der Waals surface area contributed by atoms with Gasteiger partial charge < -0.3 is 0 Å². The van der Waals surface area contributed by atoms with E-state index in [9.17, 15) is 13.2 Å². The van der Waals surface area contributed by atoms with Crippen molar-refractivity contribution in [1.29, 1.82) is 0 Å². The Morgan fingerprint density at radius 1 is 1.36 bits per heavy atom. The third kappa shape index (κ3) is 2.45. The van der Waals surface area contributed by atoms with Gasteiger partial charge in [-0.25, -0.2) is 0 Å². The Morgan fingerprint density at radius 3 is 2.36 bits per heavy atom. The van der Waals surface area contributed by atoms with E-state index in [0.717, 1.165) is 12.1 Å². The van der Waals surface area contributed by atoms with Crippen LogP contribution in [0.2, 0.25) is 5.02 Å². The van der Waals surface area contributed by atoms with Crippen LogP contribution in [-0.4, -0.2) is 18.2 Å². The maximum atomic E-state index is 10.8. The van der Waals surface area contributed by atoms with Crippen molar-refractivity contribution in [3.8, 4) is 0 Å². The molecule has 1 N–H and O–H groups in total. The first-order valence-electron chi connectivity index (χ1n) is 3.29. The van der Waals surface area contributed by atoms with E-state index in [1.807, 2.05) is 0 Å². The summed E-state index contributed by atoms with van der Waals surface area (Å²) in [5, 5.41) is -0.895. The summed E-state index contributed by atoms with van der Waals surface area (Å²) in [6.45, 7) is 0. The van der Waals surface area contributed by atoms with Gasteiger partial charge in [0.25, 0.3) is 15.4 Å². The van der Waals surface area contributed by atoms with Crippen LogP contribution in [0.1, 0.15) is 10.4 Å². The quantitative estimate of drug-likeness (QED) is 0.647. The number of carbonyl (C=O) groups is 1. The van der Waals surface area contributed by atoms with E-state index >= 15 is 0 Å². The zero-order chi connectivity index (χ0) is 10.9. The predicted molar refractivity (Wildman–Crippen MR) is 51.5 cm³/mol. The SMILES string of the molecule is O=C(Cl)c1ccc(Cl)cc1S(=O)(=O)O. The van der Waals surface area contributed by atoms with Gasteiger partial charge in [0.1, 0.15) is 4.90 Å². The number of halogens is 2. The average molecular weight is 255 g/mol. The molecule has 0 fully saturated rings. The van der Waals surface area contributed by atoms with Crippen LogP contribution < -0.4 is 0 Å². The molecule has 0 amide bonds. The van der Waals surface area contributed by atoms with Gasteiger partial charge in [0.15, 0.2) is 0 Å². The molecule has 0 radical (unpaired) electrons. The number of hydrogen-bond donors (Lipinski definition) is 1. The highest BCUT2D eigenvalue weighted by atomic mass is 35.5. The molecule has 1 aromatic carbocycles. The molecule has 1 aromatic rings. The minimum Gasteiger partial charge on any atom is -0.282 e. The van der Waals surface area contributed by atoms with E-state index in [1.165, 1.54) is 6.07 Å². The van der Waals surface area contributed by atoms with Crippen molar-refractivity contribution in [3.63, 3.8) is 0 Å². The fraction of sp³-hybridized carbons (Fsp3) is 0. The van der Waals surface area contributed by atoms with Crippen molar-refractivity contribution in [2.45, 2.75) is 4.90 Å². The summed E-state index contributed by atoms with van der Waals surface area (Å²) >= 11 is 10.6.